The summed E-state index contributed by atoms with van der Waals surface area (Å²) in [4.78, 5) is 16.3. The first-order valence-corrected chi connectivity index (χ1v) is 6.88. The number of hydrogen-bond donors (Lipinski definition) is 0. The molecule has 0 unspecified atom stereocenters. The Morgan fingerprint density at radius 1 is 0.762 bits per heavy atom. The van der Waals surface area contributed by atoms with Gasteiger partial charge in [0.15, 0.2) is 5.78 Å². The number of ketones is 1. The van der Waals surface area contributed by atoms with E-state index in [4.69, 9.17) is 0 Å². The molecule has 0 aliphatic heterocycles. The fourth-order valence-electron chi connectivity index (χ4n) is 2.49. The molecule has 0 spiro atoms. The quantitative estimate of drug-likeness (QED) is 0.652. The summed E-state index contributed by atoms with van der Waals surface area (Å²) in [5.74, 6) is 0.0708. The number of pyridine rings is 1. The lowest BCUT2D eigenvalue weighted by molar-refractivity contribution is 0.101. The molecule has 2 nitrogen and oxygen atoms in total. The molecule has 2 heteroatoms. The number of rotatable bonds is 3. The minimum atomic E-state index is 0.0708. The summed E-state index contributed by atoms with van der Waals surface area (Å²) in [6.45, 7) is 1.60. The van der Waals surface area contributed by atoms with Gasteiger partial charge in [0.05, 0.1) is 5.69 Å². The maximum atomic E-state index is 11.9. The summed E-state index contributed by atoms with van der Waals surface area (Å²) in [6.07, 6.45) is 1.78. The second kappa shape index (κ2) is 5.71. The Morgan fingerprint density at radius 2 is 1.38 bits per heavy atom. The Balaban J connectivity index is 2.24. The van der Waals surface area contributed by atoms with Crippen molar-refractivity contribution in [3.8, 4) is 22.4 Å². The van der Waals surface area contributed by atoms with Gasteiger partial charge in [-0.2, -0.15) is 0 Å². The van der Waals surface area contributed by atoms with Crippen molar-refractivity contribution in [2.45, 2.75) is 6.92 Å². The molecule has 3 aromatic rings. The Hall–Kier alpha value is -2.74. The molecular formula is C19H15NO. The van der Waals surface area contributed by atoms with E-state index in [2.05, 4.69) is 4.98 Å². The molecule has 0 saturated carbocycles. The van der Waals surface area contributed by atoms with Gasteiger partial charge in [-0.05, 0) is 30.2 Å². The summed E-state index contributed by atoms with van der Waals surface area (Å²) in [7, 11) is 0. The van der Waals surface area contributed by atoms with Crippen molar-refractivity contribution in [2.24, 2.45) is 0 Å². The predicted molar refractivity (Wildman–Crippen MR) is 85.1 cm³/mol. The summed E-state index contributed by atoms with van der Waals surface area (Å²) < 4.78 is 0. The van der Waals surface area contributed by atoms with Gasteiger partial charge in [-0.25, -0.2) is 0 Å². The molecule has 102 valence electrons. The zero-order valence-electron chi connectivity index (χ0n) is 11.8. The third kappa shape index (κ3) is 2.61. The highest BCUT2D eigenvalue weighted by Gasteiger charge is 2.13. The summed E-state index contributed by atoms with van der Waals surface area (Å²) >= 11 is 0. The number of aromatic nitrogens is 1. The average molecular weight is 273 g/mol. The lowest BCUT2D eigenvalue weighted by atomic mass is 9.92. The van der Waals surface area contributed by atoms with Crippen LogP contribution in [0.3, 0.4) is 0 Å². The first-order valence-electron chi connectivity index (χ1n) is 6.88. The molecule has 0 aliphatic carbocycles. The fraction of sp³-hybridized carbons (Fsp3) is 0.0526. The van der Waals surface area contributed by atoms with Crippen molar-refractivity contribution in [3.63, 3.8) is 0 Å². The van der Waals surface area contributed by atoms with E-state index in [9.17, 15) is 4.79 Å². The molecule has 1 heterocycles. The number of benzene rings is 2. The van der Waals surface area contributed by atoms with Gasteiger partial charge >= 0.3 is 0 Å². The maximum absolute atomic E-state index is 11.9. The minimum absolute atomic E-state index is 0.0708. The van der Waals surface area contributed by atoms with Crippen molar-refractivity contribution in [2.75, 3.05) is 0 Å². The standard InChI is InChI=1S/C19H15NO/c1-14(21)15-8-2-3-9-16(15)17-10-4-5-11-18(17)19-12-6-7-13-20-19/h2-13H,1H3. The van der Waals surface area contributed by atoms with Gasteiger partial charge in [0.25, 0.3) is 0 Å². The van der Waals surface area contributed by atoms with Crippen molar-refractivity contribution in [1.29, 1.82) is 0 Å². The van der Waals surface area contributed by atoms with E-state index < -0.39 is 0 Å². The van der Waals surface area contributed by atoms with Gasteiger partial charge in [-0.1, -0.05) is 54.6 Å². The minimum Gasteiger partial charge on any atom is -0.294 e. The van der Waals surface area contributed by atoms with E-state index in [0.29, 0.717) is 0 Å². The average Bonchev–Trinajstić information content (AvgIpc) is 2.55. The summed E-state index contributed by atoms with van der Waals surface area (Å²) in [6, 6.07) is 21.6. The highest BCUT2D eigenvalue weighted by atomic mass is 16.1. The van der Waals surface area contributed by atoms with Crippen LogP contribution in [0.15, 0.2) is 72.9 Å². The second-order valence-electron chi connectivity index (χ2n) is 4.86. The molecular weight excluding hydrogens is 258 g/mol. The first-order chi connectivity index (χ1) is 10.3. The molecule has 0 amide bonds. The van der Waals surface area contributed by atoms with Crippen LogP contribution in [0.5, 0.6) is 0 Å². The molecule has 0 radical (unpaired) electrons. The van der Waals surface area contributed by atoms with Gasteiger partial charge in [0.1, 0.15) is 0 Å². The van der Waals surface area contributed by atoms with E-state index in [1.54, 1.807) is 13.1 Å². The zero-order valence-corrected chi connectivity index (χ0v) is 11.8. The lowest BCUT2D eigenvalue weighted by Gasteiger charge is -2.12. The van der Waals surface area contributed by atoms with E-state index in [1.807, 2.05) is 66.7 Å². The van der Waals surface area contributed by atoms with Crippen LogP contribution in [0.4, 0.5) is 0 Å². The predicted octanol–water partition coefficient (Wildman–Crippen LogP) is 4.62. The molecule has 0 N–H and O–H groups in total. The van der Waals surface area contributed by atoms with Crippen LogP contribution < -0.4 is 0 Å². The Morgan fingerprint density at radius 3 is 2.05 bits per heavy atom. The van der Waals surface area contributed by atoms with E-state index >= 15 is 0 Å². The third-order valence-electron chi connectivity index (χ3n) is 3.46. The highest BCUT2D eigenvalue weighted by Crippen LogP contribution is 2.32. The number of Topliss-reactive ketones (excluding diaryl/α,β-unsaturated/α-hetero) is 1. The van der Waals surface area contributed by atoms with Crippen LogP contribution in [0.2, 0.25) is 0 Å². The SMILES string of the molecule is CC(=O)c1ccccc1-c1ccccc1-c1ccccn1. The third-order valence-corrected chi connectivity index (χ3v) is 3.46. The van der Waals surface area contributed by atoms with E-state index in [0.717, 1.165) is 27.9 Å². The van der Waals surface area contributed by atoms with Gasteiger partial charge < -0.3 is 0 Å². The molecule has 0 fully saturated rings. The second-order valence-corrected chi connectivity index (χ2v) is 4.86. The Kier molecular flexibility index (Phi) is 3.61. The molecule has 0 atom stereocenters. The van der Waals surface area contributed by atoms with E-state index in [-0.39, 0.29) is 5.78 Å². The highest BCUT2D eigenvalue weighted by molar-refractivity contribution is 6.02. The van der Waals surface area contributed by atoms with Crippen molar-refractivity contribution >= 4 is 5.78 Å². The number of hydrogen-bond acceptors (Lipinski definition) is 2. The number of carbonyl (C=O) groups excluding carboxylic acids is 1. The maximum Gasteiger partial charge on any atom is 0.160 e. The largest absolute Gasteiger partial charge is 0.294 e. The van der Waals surface area contributed by atoms with Crippen LogP contribution in [-0.2, 0) is 0 Å². The van der Waals surface area contributed by atoms with Gasteiger partial charge in [-0.15, -0.1) is 0 Å². The van der Waals surface area contributed by atoms with Crippen molar-refractivity contribution < 1.29 is 4.79 Å². The van der Waals surface area contributed by atoms with E-state index in [1.165, 1.54) is 0 Å². The Bertz CT molecular complexity index is 778. The summed E-state index contributed by atoms with van der Waals surface area (Å²) in [5, 5.41) is 0. The first kappa shape index (κ1) is 13.3. The molecule has 3 rings (SSSR count). The molecule has 1 aromatic heterocycles. The fourth-order valence-corrected chi connectivity index (χ4v) is 2.49. The van der Waals surface area contributed by atoms with Crippen molar-refractivity contribution in [1.82, 2.24) is 4.98 Å². The summed E-state index contributed by atoms with van der Waals surface area (Å²) in [5.41, 5.74) is 4.66. The van der Waals surface area contributed by atoms with Gasteiger partial charge in [0.2, 0.25) is 0 Å². The molecule has 21 heavy (non-hydrogen) atoms. The number of nitrogens with zero attached hydrogens (tertiary/aromatic N) is 1. The lowest BCUT2D eigenvalue weighted by Crippen LogP contribution is -1.97. The smallest absolute Gasteiger partial charge is 0.160 e. The molecule has 0 bridgehead atoms. The van der Waals surface area contributed by atoms with Crippen LogP contribution in [0, 0.1) is 0 Å². The Labute approximate surface area is 124 Å². The van der Waals surface area contributed by atoms with Crippen LogP contribution >= 0.6 is 0 Å². The molecule has 0 aliphatic rings. The van der Waals surface area contributed by atoms with Crippen LogP contribution in [0.1, 0.15) is 17.3 Å². The van der Waals surface area contributed by atoms with Gasteiger partial charge in [0, 0.05) is 17.3 Å². The normalized spacial score (nSPS) is 10.3. The van der Waals surface area contributed by atoms with Crippen molar-refractivity contribution in [3.05, 3.63) is 78.5 Å². The monoisotopic (exact) mass is 273 g/mol. The molecule has 2 aromatic carbocycles. The van der Waals surface area contributed by atoms with Crippen LogP contribution in [-0.4, -0.2) is 10.8 Å². The topological polar surface area (TPSA) is 30.0 Å². The van der Waals surface area contributed by atoms with Gasteiger partial charge in [-0.3, -0.25) is 9.78 Å². The zero-order chi connectivity index (χ0) is 14.7. The van der Waals surface area contributed by atoms with Crippen LogP contribution in [0.25, 0.3) is 22.4 Å². The molecule has 0 saturated heterocycles. The number of carbonyl (C=O) groups is 1.